The fraction of sp³-hybridized carbons (Fsp3) is 0.261. The number of methoxy groups -OCH3 is 2. The lowest BCUT2D eigenvalue weighted by molar-refractivity contribution is 0.0931. The lowest BCUT2D eigenvalue weighted by atomic mass is 10.0. The number of benzene rings is 2. The first-order valence-corrected chi connectivity index (χ1v) is 10.4. The molecule has 9 heteroatoms. The van der Waals surface area contributed by atoms with Crippen LogP contribution >= 0.6 is 11.6 Å². The molecule has 0 spiro atoms. The molecule has 1 aliphatic rings. The molecule has 2 amide bonds. The molecule has 1 unspecified atom stereocenters. The molecule has 2 aromatic carbocycles. The number of carbonyl (C=O) groups excluding carboxylic acids is 2. The highest BCUT2D eigenvalue weighted by Gasteiger charge is 2.33. The monoisotopic (exact) mass is 454 g/mol. The zero-order valence-electron chi connectivity index (χ0n) is 18.0. The largest absolute Gasteiger partial charge is 0.493 e. The maximum Gasteiger partial charge on any atom is 0.258 e. The Morgan fingerprint density at radius 2 is 1.88 bits per heavy atom. The Morgan fingerprint density at radius 1 is 1.09 bits per heavy atom. The predicted octanol–water partition coefficient (Wildman–Crippen LogP) is 3.61. The minimum atomic E-state index is -0.293. The van der Waals surface area contributed by atoms with Gasteiger partial charge in [-0.1, -0.05) is 17.7 Å². The van der Waals surface area contributed by atoms with Crippen LogP contribution in [0.5, 0.6) is 11.5 Å². The number of nitrogens with zero attached hydrogens (tertiary/aromatic N) is 3. The molecule has 32 heavy (non-hydrogen) atoms. The second-order valence-electron chi connectivity index (χ2n) is 7.39. The molecule has 2 heterocycles. The number of halogens is 1. The van der Waals surface area contributed by atoms with Gasteiger partial charge < -0.3 is 19.7 Å². The lowest BCUT2D eigenvalue weighted by Crippen LogP contribution is -2.41. The van der Waals surface area contributed by atoms with Gasteiger partial charge in [0, 0.05) is 29.7 Å². The van der Waals surface area contributed by atoms with Gasteiger partial charge in [0.1, 0.15) is 0 Å². The number of hydrogen-bond acceptors (Lipinski definition) is 5. The van der Waals surface area contributed by atoms with Gasteiger partial charge in [-0.2, -0.15) is 5.10 Å². The smallest absolute Gasteiger partial charge is 0.258 e. The summed E-state index contributed by atoms with van der Waals surface area (Å²) in [5.74, 6) is 0.617. The van der Waals surface area contributed by atoms with Crippen LogP contribution in [0.3, 0.4) is 0 Å². The summed E-state index contributed by atoms with van der Waals surface area (Å²) >= 11 is 6.02. The third-order valence-electron chi connectivity index (χ3n) is 5.49. The molecule has 0 aliphatic carbocycles. The summed E-state index contributed by atoms with van der Waals surface area (Å²) < 4.78 is 12.3. The van der Waals surface area contributed by atoms with Crippen molar-refractivity contribution < 1.29 is 19.1 Å². The van der Waals surface area contributed by atoms with E-state index in [-0.39, 0.29) is 17.9 Å². The van der Waals surface area contributed by atoms with E-state index in [2.05, 4.69) is 10.4 Å². The normalized spacial score (nSPS) is 15.1. The van der Waals surface area contributed by atoms with Gasteiger partial charge in [-0.15, -0.1) is 0 Å². The highest BCUT2D eigenvalue weighted by atomic mass is 35.5. The third kappa shape index (κ3) is 4.01. The fourth-order valence-electron chi connectivity index (χ4n) is 3.91. The van der Waals surface area contributed by atoms with Crippen molar-refractivity contribution in [1.29, 1.82) is 0 Å². The Balaban J connectivity index is 1.60. The van der Waals surface area contributed by atoms with E-state index in [4.69, 9.17) is 21.1 Å². The van der Waals surface area contributed by atoms with Crippen molar-refractivity contribution >= 4 is 29.1 Å². The number of rotatable bonds is 5. The summed E-state index contributed by atoms with van der Waals surface area (Å²) in [4.78, 5) is 27.8. The van der Waals surface area contributed by atoms with Crippen molar-refractivity contribution in [3.63, 3.8) is 0 Å². The zero-order chi connectivity index (χ0) is 22.8. The van der Waals surface area contributed by atoms with Crippen LogP contribution in [0, 0.1) is 0 Å². The van der Waals surface area contributed by atoms with E-state index in [1.165, 1.54) is 7.11 Å². The number of amides is 2. The third-order valence-corrected chi connectivity index (χ3v) is 5.73. The van der Waals surface area contributed by atoms with Gasteiger partial charge in [-0.05, 0) is 42.8 Å². The number of aromatic nitrogens is 2. The number of carbonyl (C=O) groups is 2. The van der Waals surface area contributed by atoms with Crippen LogP contribution in [-0.2, 0) is 7.05 Å². The van der Waals surface area contributed by atoms with Gasteiger partial charge in [-0.3, -0.25) is 14.3 Å². The molecule has 1 aliphatic heterocycles. The minimum Gasteiger partial charge on any atom is -0.493 e. The molecule has 0 radical (unpaired) electrons. The summed E-state index contributed by atoms with van der Waals surface area (Å²) in [6.07, 6.45) is 2.18. The molecule has 8 nitrogen and oxygen atoms in total. The van der Waals surface area contributed by atoms with Gasteiger partial charge >= 0.3 is 0 Å². The van der Waals surface area contributed by atoms with Gasteiger partial charge in [0.25, 0.3) is 11.8 Å². The number of aryl methyl sites for hydroxylation is 1. The topological polar surface area (TPSA) is 85.7 Å². The van der Waals surface area contributed by atoms with Crippen molar-refractivity contribution in [1.82, 2.24) is 15.1 Å². The van der Waals surface area contributed by atoms with Gasteiger partial charge in [0.2, 0.25) is 0 Å². The average molecular weight is 455 g/mol. The highest BCUT2D eigenvalue weighted by molar-refractivity contribution is 6.31. The Kier molecular flexibility index (Phi) is 6.05. The lowest BCUT2D eigenvalue weighted by Gasteiger charge is -2.32. The van der Waals surface area contributed by atoms with Gasteiger partial charge in [-0.25, -0.2) is 0 Å². The van der Waals surface area contributed by atoms with Crippen LogP contribution in [0.4, 0.5) is 5.69 Å². The number of anilines is 1. The zero-order valence-corrected chi connectivity index (χ0v) is 18.7. The van der Waals surface area contributed by atoms with E-state index in [1.54, 1.807) is 72.4 Å². The Morgan fingerprint density at radius 3 is 2.59 bits per heavy atom. The van der Waals surface area contributed by atoms with Gasteiger partial charge in [0.05, 0.1) is 37.8 Å². The second-order valence-corrected chi connectivity index (χ2v) is 7.83. The second kappa shape index (κ2) is 8.92. The number of fused-ring (bicyclic) bond motifs is 1. The van der Waals surface area contributed by atoms with E-state index in [0.29, 0.717) is 46.3 Å². The van der Waals surface area contributed by atoms with Crippen LogP contribution in [0.2, 0.25) is 5.02 Å². The van der Waals surface area contributed by atoms with Crippen molar-refractivity contribution in [3.05, 3.63) is 70.5 Å². The number of ether oxygens (including phenoxy) is 2. The van der Waals surface area contributed by atoms with Crippen LogP contribution in [0.1, 0.15) is 38.9 Å². The van der Waals surface area contributed by atoms with Crippen LogP contribution < -0.4 is 19.7 Å². The highest BCUT2D eigenvalue weighted by Crippen LogP contribution is 2.35. The van der Waals surface area contributed by atoms with Crippen molar-refractivity contribution in [3.8, 4) is 11.5 Å². The summed E-state index contributed by atoms with van der Waals surface area (Å²) in [6, 6.07) is 11.6. The van der Waals surface area contributed by atoms with E-state index in [1.807, 2.05) is 0 Å². The van der Waals surface area contributed by atoms with E-state index < -0.39 is 0 Å². The van der Waals surface area contributed by atoms with Gasteiger partial charge in [0.15, 0.2) is 11.5 Å². The average Bonchev–Trinajstić information content (AvgIpc) is 3.20. The van der Waals surface area contributed by atoms with E-state index in [0.717, 1.165) is 5.69 Å². The number of hydrogen-bond donors (Lipinski definition) is 1. The molecule has 166 valence electrons. The van der Waals surface area contributed by atoms with Crippen LogP contribution in [-0.4, -0.2) is 42.4 Å². The predicted molar refractivity (Wildman–Crippen MR) is 121 cm³/mol. The molecular formula is C23H23ClN4O4. The molecule has 0 saturated heterocycles. The molecule has 4 rings (SSSR count). The molecule has 1 aromatic heterocycles. The first-order chi connectivity index (χ1) is 15.4. The number of nitrogens with one attached hydrogen (secondary N) is 1. The maximum absolute atomic E-state index is 13.3. The fourth-order valence-corrected chi connectivity index (χ4v) is 4.10. The molecule has 0 saturated carbocycles. The minimum absolute atomic E-state index is 0.181. The first-order valence-electron chi connectivity index (χ1n) is 10.0. The van der Waals surface area contributed by atoms with E-state index >= 15 is 0 Å². The summed E-state index contributed by atoms with van der Waals surface area (Å²) in [5, 5.41) is 7.88. The molecule has 0 bridgehead atoms. The van der Waals surface area contributed by atoms with Crippen molar-refractivity contribution in [2.24, 2.45) is 7.05 Å². The molecule has 1 atom stereocenters. The summed E-state index contributed by atoms with van der Waals surface area (Å²) in [7, 11) is 4.87. The van der Waals surface area contributed by atoms with Crippen LogP contribution in [0.15, 0.2) is 48.7 Å². The molecular weight excluding hydrogens is 432 g/mol. The van der Waals surface area contributed by atoms with Crippen molar-refractivity contribution in [2.75, 3.05) is 25.7 Å². The molecule has 0 fully saturated rings. The first kappa shape index (κ1) is 21.7. The molecule has 1 N–H and O–H groups in total. The summed E-state index contributed by atoms with van der Waals surface area (Å²) in [6.45, 7) is 0.423. The summed E-state index contributed by atoms with van der Waals surface area (Å²) in [5.41, 5.74) is 2.37. The Hall–Kier alpha value is -3.52. The van der Waals surface area contributed by atoms with Crippen LogP contribution in [0.25, 0.3) is 0 Å². The standard InChI is InChI=1S/C23H23ClN4O4/c1-27-21-17(26-22(29)14-5-4-6-16(24)11-14)9-10-28(18(21)13-25-27)23(30)15-7-8-19(31-2)20(12-15)32-3/h4-8,11-13,17H,9-10H2,1-3H3,(H,26,29). The van der Waals surface area contributed by atoms with E-state index in [9.17, 15) is 9.59 Å². The quantitative estimate of drug-likeness (QED) is 0.636. The van der Waals surface area contributed by atoms with Crippen molar-refractivity contribution in [2.45, 2.75) is 12.5 Å². The Labute approximate surface area is 190 Å². The maximum atomic E-state index is 13.3. The Bertz CT molecular complexity index is 1180. The SMILES string of the molecule is COc1ccc(C(=O)N2CCC(NC(=O)c3cccc(Cl)c3)c3c2cnn3C)cc1OC. The molecule has 3 aromatic rings.